The van der Waals surface area contributed by atoms with Crippen LogP contribution in [0.3, 0.4) is 0 Å². The van der Waals surface area contributed by atoms with E-state index in [0.717, 1.165) is 54.2 Å². The van der Waals surface area contributed by atoms with E-state index < -0.39 is 0 Å². The summed E-state index contributed by atoms with van der Waals surface area (Å²) < 4.78 is 10.1. The summed E-state index contributed by atoms with van der Waals surface area (Å²) in [6.07, 6.45) is 7.00. The minimum absolute atomic E-state index is 0.0894. The first-order chi connectivity index (χ1) is 15.5. The Morgan fingerprint density at radius 2 is 1.81 bits per heavy atom. The number of hydrogen-bond acceptors (Lipinski definition) is 4. The van der Waals surface area contributed by atoms with E-state index in [2.05, 4.69) is 29.6 Å². The number of anilines is 1. The molecular weight excluding hydrogens is 400 g/mol. The minimum Gasteiger partial charge on any atom is -0.497 e. The predicted molar refractivity (Wildman–Crippen MR) is 131 cm³/mol. The molecule has 0 saturated heterocycles. The molecule has 0 radical (unpaired) electrons. The van der Waals surface area contributed by atoms with E-state index in [4.69, 9.17) is 14.5 Å². The van der Waals surface area contributed by atoms with Gasteiger partial charge in [0.2, 0.25) is 0 Å². The highest BCUT2D eigenvalue weighted by Gasteiger charge is 2.24. The van der Waals surface area contributed by atoms with Crippen molar-refractivity contribution < 1.29 is 14.3 Å². The number of carbonyl (C=O) groups is 1. The molecule has 0 atom stereocenters. The molecule has 0 unspecified atom stereocenters. The molecule has 0 spiro atoms. The standard InChI is InChI=1S/C27H34N2O3/c1-5-26(29-19(2)28-24-7-6-8-25(18-24)31-3)23-15-13-22(14-16-23)21-11-9-20(10-12-21)17-27(30)32-4/h5-8,13-16,18,20-21H,9-12,17H2,1-4H3,(H,28,29)/b26-5-. The number of amidine groups is 1. The highest BCUT2D eigenvalue weighted by Crippen LogP contribution is 2.37. The van der Waals surface area contributed by atoms with Crippen LogP contribution in [0.1, 0.15) is 63.0 Å². The summed E-state index contributed by atoms with van der Waals surface area (Å²) in [4.78, 5) is 16.3. The van der Waals surface area contributed by atoms with Crippen LogP contribution in [0.5, 0.6) is 5.75 Å². The Labute approximate surface area is 191 Å². The van der Waals surface area contributed by atoms with E-state index in [1.807, 2.05) is 44.2 Å². The molecule has 2 aromatic rings. The number of nitrogens with one attached hydrogen (secondary N) is 1. The van der Waals surface area contributed by atoms with Crippen molar-refractivity contribution in [3.63, 3.8) is 0 Å². The fourth-order valence-corrected chi connectivity index (χ4v) is 4.36. The summed E-state index contributed by atoms with van der Waals surface area (Å²) in [6, 6.07) is 16.6. The third-order valence-electron chi connectivity index (χ3n) is 6.16. The van der Waals surface area contributed by atoms with Gasteiger partial charge in [-0.15, -0.1) is 0 Å². The Balaban J connectivity index is 1.61. The topological polar surface area (TPSA) is 59.9 Å². The number of methoxy groups -OCH3 is 2. The zero-order valence-electron chi connectivity index (χ0n) is 19.6. The Kier molecular flexibility index (Phi) is 8.48. The second kappa shape index (κ2) is 11.5. The van der Waals surface area contributed by atoms with Crippen molar-refractivity contribution in [2.24, 2.45) is 10.9 Å². The summed E-state index contributed by atoms with van der Waals surface area (Å²) in [5.74, 6) is 2.56. The van der Waals surface area contributed by atoms with Crippen LogP contribution in [-0.2, 0) is 9.53 Å². The van der Waals surface area contributed by atoms with Crippen molar-refractivity contribution in [3.05, 3.63) is 65.7 Å². The molecule has 5 heteroatoms. The van der Waals surface area contributed by atoms with Gasteiger partial charge in [0.25, 0.3) is 0 Å². The van der Waals surface area contributed by atoms with Crippen LogP contribution in [0.15, 0.2) is 59.6 Å². The molecular formula is C27H34N2O3. The highest BCUT2D eigenvalue weighted by atomic mass is 16.5. The Morgan fingerprint density at radius 1 is 1.09 bits per heavy atom. The van der Waals surface area contributed by atoms with Crippen LogP contribution in [0.25, 0.3) is 5.70 Å². The van der Waals surface area contributed by atoms with E-state index >= 15 is 0 Å². The third-order valence-corrected chi connectivity index (χ3v) is 6.16. The molecule has 0 aromatic heterocycles. The van der Waals surface area contributed by atoms with Gasteiger partial charge in [0.1, 0.15) is 11.6 Å². The quantitative estimate of drug-likeness (QED) is 0.310. The fraction of sp³-hybridized carbons (Fsp3) is 0.407. The maximum absolute atomic E-state index is 11.5. The number of nitrogens with zero attached hydrogens (tertiary/aromatic N) is 1. The van der Waals surface area contributed by atoms with Gasteiger partial charge >= 0.3 is 5.97 Å². The van der Waals surface area contributed by atoms with Crippen LogP contribution in [-0.4, -0.2) is 26.0 Å². The van der Waals surface area contributed by atoms with Crippen LogP contribution in [0.2, 0.25) is 0 Å². The van der Waals surface area contributed by atoms with Gasteiger partial charge in [-0.1, -0.05) is 36.4 Å². The molecule has 0 amide bonds. The number of esters is 1. The van der Waals surface area contributed by atoms with E-state index in [9.17, 15) is 4.79 Å². The van der Waals surface area contributed by atoms with Gasteiger partial charge in [0.05, 0.1) is 19.9 Å². The average Bonchev–Trinajstić information content (AvgIpc) is 2.83. The largest absolute Gasteiger partial charge is 0.497 e. The Bertz CT molecular complexity index is 955. The molecule has 1 saturated carbocycles. The summed E-state index contributed by atoms with van der Waals surface area (Å²) >= 11 is 0. The van der Waals surface area contributed by atoms with Gasteiger partial charge in [-0.2, -0.15) is 0 Å². The van der Waals surface area contributed by atoms with E-state index in [-0.39, 0.29) is 5.97 Å². The first-order valence-corrected chi connectivity index (χ1v) is 11.3. The fourth-order valence-electron chi connectivity index (χ4n) is 4.36. The summed E-state index contributed by atoms with van der Waals surface area (Å²) in [6.45, 7) is 3.97. The second-order valence-corrected chi connectivity index (χ2v) is 8.35. The monoisotopic (exact) mass is 434 g/mol. The molecule has 1 N–H and O–H groups in total. The van der Waals surface area contributed by atoms with Crippen molar-refractivity contribution in [1.82, 2.24) is 0 Å². The lowest BCUT2D eigenvalue weighted by Crippen LogP contribution is -2.17. The van der Waals surface area contributed by atoms with Crippen molar-refractivity contribution in [1.29, 1.82) is 0 Å². The Hall–Kier alpha value is -3.08. The number of rotatable bonds is 7. The third kappa shape index (κ3) is 6.46. The lowest BCUT2D eigenvalue weighted by Gasteiger charge is -2.28. The van der Waals surface area contributed by atoms with Gasteiger partial charge in [-0.05, 0) is 74.6 Å². The number of allylic oxidation sites excluding steroid dienone is 1. The second-order valence-electron chi connectivity index (χ2n) is 8.35. The predicted octanol–water partition coefficient (Wildman–Crippen LogP) is 6.42. The molecule has 1 aliphatic carbocycles. The molecule has 0 bridgehead atoms. The molecule has 1 fully saturated rings. The van der Waals surface area contributed by atoms with E-state index in [1.54, 1.807) is 7.11 Å². The number of hydrogen-bond donors (Lipinski definition) is 1. The van der Waals surface area contributed by atoms with Crippen molar-refractivity contribution in [2.45, 2.75) is 51.9 Å². The van der Waals surface area contributed by atoms with Crippen LogP contribution in [0, 0.1) is 5.92 Å². The van der Waals surface area contributed by atoms with Crippen molar-refractivity contribution >= 4 is 23.2 Å². The molecule has 32 heavy (non-hydrogen) atoms. The molecule has 0 heterocycles. The maximum atomic E-state index is 11.5. The molecule has 5 nitrogen and oxygen atoms in total. The zero-order valence-corrected chi connectivity index (χ0v) is 19.6. The molecule has 170 valence electrons. The van der Waals surface area contributed by atoms with Crippen LogP contribution < -0.4 is 10.1 Å². The van der Waals surface area contributed by atoms with Crippen LogP contribution >= 0.6 is 0 Å². The highest BCUT2D eigenvalue weighted by molar-refractivity contribution is 5.97. The zero-order chi connectivity index (χ0) is 22.9. The first-order valence-electron chi connectivity index (χ1n) is 11.3. The smallest absolute Gasteiger partial charge is 0.305 e. The summed E-state index contributed by atoms with van der Waals surface area (Å²) in [5.41, 5.74) is 4.35. The molecule has 0 aliphatic heterocycles. The molecule has 2 aromatic carbocycles. The lowest BCUT2D eigenvalue weighted by atomic mass is 9.77. The lowest BCUT2D eigenvalue weighted by molar-refractivity contribution is -0.142. The van der Waals surface area contributed by atoms with Gasteiger partial charge in [0, 0.05) is 18.2 Å². The number of benzene rings is 2. The van der Waals surface area contributed by atoms with Gasteiger partial charge in [-0.3, -0.25) is 4.79 Å². The minimum atomic E-state index is -0.0894. The number of carbonyl (C=O) groups excluding carboxylic acids is 1. The van der Waals surface area contributed by atoms with E-state index in [0.29, 0.717) is 18.3 Å². The Morgan fingerprint density at radius 3 is 2.44 bits per heavy atom. The number of aliphatic imine (C=N–C) groups is 1. The summed E-state index contributed by atoms with van der Waals surface area (Å²) in [7, 11) is 3.13. The van der Waals surface area contributed by atoms with Gasteiger partial charge in [0.15, 0.2) is 0 Å². The molecule has 3 rings (SSSR count). The number of ether oxygens (including phenoxy) is 2. The summed E-state index contributed by atoms with van der Waals surface area (Å²) in [5, 5.41) is 3.33. The van der Waals surface area contributed by atoms with E-state index in [1.165, 1.54) is 12.7 Å². The average molecular weight is 435 g/mol. The van der Waals surface area contributed by atoms with Crippen LogP contribution in [0.4, 0.5) is 5.69 Å². The van der Waals surface area contributed by atoms with Gasteiger partial charge < -0.3 is 14.8 Å². The molecule has 1 aliphatic rings. The van der Waals surface area contributed by atoms with Crippen molar-refractivity contribution in [3.8, 4) is 5.75 Å². The maximum Gasteiger partial charge on any atom is 0.305 e. The van der Waals surface area contributed by atoms with Crippen molar-refractivity contribution in [2.75, 3.05) is 19.5 Å². The first kappa shape index (κ1) is 23.6. The van der Waals surface area contributed by atoms with Gasteiger partial charge in [-0.25, -0.2) is 4.99 Å². The SMILES string of the molecule is C/C=C(\N=C(C)Nc1cccc(OC)c1)c1ccc(C2CCC(CC(=O)OC)CC2)cc1. The normalized spacial score (nSPS) is 19.4.